The molecule has 0 bridgehead atoms. The molecule has 1 N–H and O–H groups in total. The summed E-state index contributed by atoms with van der Waals surface area (Å²) >= 11 is 1.94. The molecule has 2 rings (SSSR count). The van der Waals surface area contributed by atoms with Crippen molar-refractivity contribution < 1.29 is 14.6 Å². The molecule has 0 aromatic heterocycles. The quantitative estimate of drug-likeness (QED) is 0.890. The van der Waals surface area contributed by atoms with Crippen LogP contribution in [0.4, 0.5) is 0 Å². The fourth-order valence-corrected chi connectivity index (χ4v) is 3.22. The third kappa shape index (κ3) is 3.33. The number of ether oxygens (including phenoxy) is 2. The monoisotopic (exact) mass is 268 g/mol. The molecule has 100 valence electrons. The van der Waals surface area contributed by atoms with E-state index in [1.165, 1.54) is 12.2 Å². The first-order valence-electron chi connectivity index (χ1n) is 6.36. The number of hydrogen-bond acceptors (Lipinski definition) is 4. The Bertz CT molecular complexity index is 375. The van der Waals surface area contributed by atoms with E-state index in [9.17, 15) is 0 Å². The normalized spacial score (nSPS) is 19.6. The van der Waals surface area contributed by atoms with Crippen LogP contribution in [0.2, 0.25) is 0 Å². The number of aliphatic hydroxyl groups is 1. The molecule has 0 amide bonds. The van der Waals surface area contributed by atoms with Crippen LogP contribution in [0.25, 0.3) is 0 Å². The summed E-state index contributed by atoms with van der Waals surface area (Å²) in [4.78, 5) is 0. The Balaban J connectivity index is 2.12. The van der Waals surface area contributed by atoms with Crippen LogP contribution in [0.3, 0.4) is 0 Å². The summed E-state index contributed by atoms with van der Waals surface area (Å²) in [5, 5.41) is 9.05. The van der Waals surface area contributed by atoms with Gasteiger partial charge in [-0.15, -0.1) is 0 Å². The zero-order valence-corrected chi connectivity index (χ0v) is 11.5. The van der Waals surface area contributed by atoms with E-state index >= 15 is 0 Å². The van der Waals surface area contributed by atoms with E-state index in [4.69, 9.17) is 14.6 Å². The average molecular weight is 268 g/mol. The molecule has 1 saturated heterocycles. The molecule has 0 aliphatic carbocycles. The van der Waals surface area contributed by atoms with Crippen LogP contribution < -0.4 is 9.47 Å². The third-order valence-corrected chi connectivity index (χ3v) is 4.24. The Labute approximate surface area is 112 Å². The second kappa shape index (κ2) is 6.90. The van der Waals surface area contributed by atoms with E-state index < -0.39 is 0 Å². The van der Waals surface area contributed by atoms with E-state index in [0.717, 1.165) is 29.2 Å². The first kappa shape index (κ1) is 13.6. The van der Waals surface area contributed by atoms with Crippen molar-refractivity contribution in [3.8, 4) is 11.5 Å². The number of rotatable bonds is 5. The largest absolute Gasteiger partial charge is 0.493 e. The van der Waals surface area contributed by atoms with Gasteiger partial charge in [0, 0.05) is 17.9 Å². The van der Waals surface area contributed by atoms with Gasteiger partial charge in [0.2, 0.25) is 0 Å². The summed E-state index contributed by atoms with van der Waals surface area (Å²) < 4.78 is 11.5. The molecular weight excluding hydrogens is 248 g/mol. The number of thioether (sulfide) groups is 1. The Morgan fingerprint density at radius 1 is 1.44 bits per heavy atom. The van der Waals surface area contributed by atoms with Crippen molar-refractivity contribution in [3.05, 3.63) is 23.8 Å². The van der Waals surface area contributed by atoms with Gasteiger partial charge in [0.25, 0.3) is 0 Å². The molecule has 3 nitrogen and oxygen atoms in total. The highest BCUT2D eigenvalue weighted by atomic mass is 32.2. The summed E-state index contributed by atoms with van der Waals surface area (Å²) in [5.74, 6) is 3.85. The number of benzene rings is 1. The Morgan fingerprint density at radius 2 is 2.33 bits per heavy atom. The molecule has 0 radical (unpaired) electrons. The predicted molar refractivity (Wildman–Crippen MR) is 74.8 cm³/mol. The van der Waals surface area contributed by atoms with Crippen LogP contribution in [0, 0.1) is 0 Å². The summed E-state index contributed by atoms with van der Waals surface area (Å²) in [5.41, 5.74) is 1.00. The summed E-state index contributed by atoms with van der Waals surface area (Å²) in [6.07, 6.45) is 3.20. The van der Waals surface area contributed by atoms with Gasteiger partial charge < -0.3 is 14.6 Å². The lowest BCUT2D eigenvalue weighted by Crippen LogP contribution is -2.23. The van der Waals surface area contributed by atoms with Crippen molar-refractivity contribution in [3.63, 3.8) is 0 Å². The van der Waals surface area contributed by atoms with Gasteiger partial charge in [-0.1, -0.05) is 12.1 Å². The predicted octanol–water partition coefficient (Wildman–Crippen LogP) is 2.50. The molecule has 1 fully saturated rings. The second-order valence-corrected chi connectivity index (χ2v) is 5.53. The Kier molecular flexibility index (Phi) is 5.20. The van der Waals surface area contributed by atoms with Crippen LogP contribution in [-0.2, 0) is 6.42 Å². The Morgan fingerprint density at radius 3 is 3.00 bits per heavy atom. The second-order valence-electron chi connectivity index (χ2n) is 4.38. The Hall–Kier alpha value is -0.870. The average Bonchev–Trinajstić information content (AvgIpc) is 2.41. The highest BCUT2D eigenvalue weighted by Gasteiger charge is 2.18. The van der Waals surface area contributed by atoms with Gasteiger partial charge in [-0.25, -0.2) is 0 Å². The molecule has 1 atom stereocenters. The molecule has 1 aromatic carbocycles. The fraction of sp³-hybridized carbons (Fsp3) is 0.571. The summed E-state index contributed by atoms with van der Waals surface area (Å²) in [7, 11) is 1.65. The maximum atomic E-state index is 9.05. The minimum Gasteiger partial charge on any atom is -0.493 e. The third-order valence-electron chi connectivity index (χ3n) is 3.06. The minimum absolute atomic E-state index is 0.124. The molecule has 18 heavy (non-hydrogen) atoms. The number of methoxy groups -OCH3 is 1. The highest BCUT2D eigenvalue weighted by molar-refractivity contribution is 7.99. The standard InChI is InChI=1S/C14H20O3S/c1-16-14-11(7-8-15)4-2-6-13(14)17-12-5-3-9-18-10-12/h2,4,6,12,15H,3,5,7-10H2,1H3. The molecule has 0 saturated carbocycles. The van der Waals surface area contributed by atoms with Crippen molar-refractivity contribution in [1.29, 1.82) is 0 Å². The topological polar surface area (TPSA) is 38.7 Å². The lowest BCUT2D eigenvalue weighted by molar-refractivity contribution is 0.201. The van der Waals surface area contributed by atoms with Crippen molar-refractivity contribution in [2.45, 2.75) is 25.4 Å². The zero-order valence-electron chi connectivity index (χ0n) is 10.7. The maximum Gasteiger partial charge on any atom is 0.164 e. The molecule has 0 spiro atoms. The molecule has 1 aliphatic heterocycles. The number of aliphatic hydroxyl groups excluding tert-OH is 1. The lowest BCUT2D eigenvalue weighted by atomic mass is 10.1. The van der Waals surface area contributed by atoms with E-state index in [0.29, 0.717) is 6.42 Å². The van der Waals surface area contributed by atoms with Crippen molar-refractivity contribution in [2.75, 3.05) is 25.2 Å². The zero-order chi connectivity index (χ0) is 12.8. The van der Waals surface area contributed by atoms with Crippen molar-refractivity contribution >= 4 is 11.8 Å². The van der Waals surface area contributed by atoms with Crippen LogP contribution in [0.5, 0.6) is 11.5 Å². The van der Waals surface area contributed by atoms with Gasteiger partial charge in [0.1, 0.15) is 6.10 Å². The van der Waals surface area contributed by atoms with Crippen LogP contribution in [0.1, 0.15) is 18.4 Å². The molecule has 1 aliphatic rings. The SMILES string of the molecule is COc1c(CCO)cccc1OC1CCCSC1. The van der Waals surface area contributed by atoms with Crippen LogP contribution in [0.15, 0.2) is 18.2 Å². The molecular formula is C14H20O3S. The number of hydrogen-bond donors (Lipinski definition) is 1. The summed E-state index contributed by atoms with van der Waals surface area (Å²) in [6, 6.07) is 5.87. The number of para-hydroxylation sites is 1. The molecule has 1 heterocycles. The molecule has 4 heteroatoms. The van der Waals surface area contributed by atoms with Crippen molar-refractivity contribution in [1.82, 2.24) is 0 Å². The van der Waals surface area contributed by atoms with Gasteiger partial charge in [0.15, 0.2) is 11.5 Å². The van der Waals surface area contributed by atoms with Crippen LogP contribution >= 0.6 is 11.8 Å². The van der Waals surface area contributed by atoms with Gasteiger partial charge in [-0.05, 0) is 31.1 Å². The lowest BCUT2D eigenvalue weighted by Gasteiger charge is -2.24. The first-order valence-corrected chi connectivity index (χ1v) is 7.51. The first-order chi connectivity index (χ1) is 8.85. The van der Waals surface area contributed by atoms with E-state index in [1.807, 2.05) is 30.0 Å². The fourth-order valence-electron chi connectivity index (χ4n) is 2.19. The van der Waals surface area contributed by atoms with E-state index in [1.54, 1.807) is 7.11 Å². The van der Waals surface area contributed by atoms with Gasteiger partial charge in [-0.2, -0.15) is 11.8 Å². The van der Waals surface area contributed by atoms with Gasteiger partial charge >= 0.3 is 0 Å². The summed E-state index contributed by atoms with van der Waals surface area (Å²) in [6.45, 7) is 0.124. The smallest absolute Gasteiger partial charge is 0.164 e. The van der Waals surface area contributed by atoms with Crippen molar-refractivity contribution in [2.24, 2.45) is 0 Å². The highest BCUT2D eigenvalue weighted by Crippen LogP contribution is 2.33. The van der Waals surface area contributed by atoms with Crippen LogP contribution in [-0.4, -0.2) is 36.4 Å². The maximum absolute atomic E-state index is 9.05. The van der Waals surface area contributed by atoms with E-state index in [-0.39, 0.29) is 12.7 Å². The van der Waals surface area contributed by atoms with E-state index in [2.05, 4.69) is 0 Å². The van der Waals surface area contributed by atoms with Gasteiger partial charge in [-0.3, -0.25) is 0 Å². The minimum atomic E-state index is 0.124. The van der Waals surface area contributed by atoms with Gasteiger partial charge in [0.05, 0.1) is 7.11 Å². The molecule has 1 aromatic rings. The molecule has 1 unspecified atom stereocenters.